The minimum atomic E-state index is -0.397. The molecule has 0 unspecified atom stereocenters. The first kappa shape index (κ1) is 27.5. The van der Waals surface area contributed by atoms with Gasteiger partial charge < -0.3 is 25.2 Å². The maximum Gasteiger partial charge on any atom is 0.334 e. The SMILES string of the molecule is C=CC(=O)Nc1cc(Nc2nccc(-n3c(=O)n4c5c(cc(F)cc53)CCC4)n2)c(OC)cc1N(C)CCN1CCC1. The smallest absolute Gasteiger partial charge is 0.334 e. The zero-order chi connectivity index (χ0) is 29.4. The summed E-state index contributed by atoms with van der Waals surface area (Å²) in [5.74, 6) is 0.275. The summed E-state index contributed by atoms with van der Waals surface area (Å²) in [4.78, 5) is 39.2. The highest BCUT2D eigenvalue weighted by molar-refractivity contribution is 6.02. The van der Waals surface area contributed by atoms with Crippen molar-refractivity contribution in [3.63, 3.8) is 0 Å². The third kappa shape index (κ3) is 5.09. The summed E-state index contributed by atoms with van der Waals surface area (Å²) >= 11 is 0. The number of nitrogens with zero attached hydrogens (tertiary/aromatic N) is 6. The molecule has 4 heterocycles. The third-order valence-corrected chi connectivity index (χ3v) is 7.88. The number of halogens is 1. The van der Waals surface area contributed by atoms with Gasteiger partial charge in [0.05, 0.1) is 35.2 Å². The first-order chi connectivity index (χ1) is 20.4. The standard InChI is InChI=1S/C30H33FN8O3/c1-4-27(40)33-21-17-22(25(42-3)18-23(21)36(2)13-14-37-10-6-11-37)34-29-32-9-8-26(35-29)39-24-16-20(31)15-19-7-5-12-38(28(19)24)30(39)41/h4,8-9,15-18H,1,5-7,10-14H2,2-3H3,(H,33,40)(H,32,34,35). The number of likely N-dealkylation sites (N-methyl/N-ethyl adjacent to an activating group) is 1. The number of hydrogen-bond acceptors (Lipinski definition) is 8. The highest BCUT2D eigenvalue weighted by atomic mass is 19.1. The van der Waals surface area contributed by atoms with Gasteiger partial charge in [-0.3, -0.25) is 9.36 Å². The van der Waals surface area contributed by atoms with Crippen LogP contribution in [0, 0.1) is 5.82 Å². The van der Waals surface area contributed by atoms with Crippen LogP contribution < -0.4 is 26.0 Å². The zero-order valence-corrected chi connectivity index (χ0v) is 23.7. The molecule has 0 radical (unpaired) electrons. The monoisotopic (exact) mass is 572 g/mol. The van der Waals surface area contributed by atoms with E-state index in [2.05, 4.69) is 37.0 Å². The number of hydrogen-bond donors (Lipinski definition) is 2. The molecule has 1 amide bonds. The molecule has 1 fully saturated rings. The Kier molecular flexibility index (Phi) is 7.38. The van der Waals surface area contributed by atoms with E-state index in [0.29, 0.717) is 41.4 Å². The van der Waals surface area contributed by atoms with E-state index in [0.717, 1.165) is 49.4 Å². The van der Waals surface area contributed by atoms with Gasteiger partial charge in [0.2, 0.25) is 11.9 Å². The minimum Gasteiger partial charge on any atom is -0.494 e. The molecule has 12 heteroatoms. The van der Waals surface area contributed by atoms with Crippen LogP contribution in [0.15, 0.2) is 54.0 Å². The maximum atomic E-state index is 14.5. The van der Waals surface area contributed by atoms with E-state index in [1.807, 2.05) is 13.1 Å². The van der Waals surface area contributed by atoms with Crippen molar-refractivity contribution in [2.24, 2.45) is 0 Å². The van der Waals surface area contributed by atoms with Crippen molar-refractivity contribution < 1.29 is 13.9 Å². The summed E-state index contributed by atoms with van der Waals surface area (Å²) in [5, 5.41) is 6.07. The van der Waals surface area contributed by atoms with Gasteiger partial charge in [0.25, 0.3) is 0 Å². The molecule has 42 heavy (non-hydrogen) atoms. The van der Waals surface area contributed by atoms with Crippen LogP contribution in [0.1, 0.15) is 18.4 Å². The second kappa shape index (κ2) is 11.3. The summed E-state index contributed by atoms with van der Waals surface area (Å²) in [7, 11) is 3.53. The molecule has 2 aliphatic rings. The van der Waals surface area contributed by atoms with E-state index in [4.69, 9.17) is 4.74 Å². The topological polar surface area (TPSA) is 110 Å². The normalized spacial score (nSPS) is 14.4. The van der Waals surface area contributed by atoms with Crippen LogP contribution in [-0.4, -0.2) is 70.2 Å². The summed E-state index contributed by atoms with van der Waals surface area (Å²) in [6.45, 7) is 8.02. The number of nitrogens with one attached hydrogen (secondary N) is 2. The Morgan fingerprint density at radius 1 is 1.19 bits per heavy atom. The van der Waals surface area contributed by atoms with E-state index in [1.165, 1.54) is 35.4 Å². The zero-order valence-electron chi connectivity index (χ0n) is 23.7. The first-order valence-corrected chi connectivity index (χ1v) is 14.0. The molecule has 6 rings (SSSR count). The van der Waals surface area contributed by atoms with Gasteiger partial charge in [-0.2, -0.15) is 4.98 Å². The quantitative estimate of drug-likeness (QED) is 0.277. The van der Waals surface area contributed by atoms with Crippen molar-refractivity contribution in [2.45, 2.75) is 25.8 Å². The average molecular weight is 573 g/mol. The fraction of sp³-hybridized carbons (Fsp3) is 0.333. The van der Waals surface area contributed by atoms with Gasteiger partial charge in [-0.1, -0.05) is 6.58 Å². The Labute approximate surface area is 242 Å². The number of amides is 1. The predicted molar refractivity (Wildman–Crippen MR) is 161 cm³/mol. The number of benzene rings is 2. The molecule has 0 aliphatic carbocycles. The molecule has 2 aliphatic heterocycles. The number of rotatable bonds is 10. The first-order valence-electron chi connectivity index (χ1n) is 14.0. The van der Waals surface area contributed by atoms with E-state index < -0.39 is 5.82 Å². The van der Waals surface area contributed by atoms with Crippen LogP contribution in [0.4, 0.5) is 27.4 Å². The van der Waals surface area contributed by atoms with Crippen molar-refractivity contribution in [3.8, 4) is 11.6 Å². The number of aromatic nitrogens is 4. The van der Waals surface area contributed by atoms with Gasteiger partial charge in [-0.15, -0.1) is 0 Å². The molecular weight excluding hydrogens is 539 g/mol. The lowest BCUT2D eigenvalue weighted by Gasteiger charge is -2.33. The van der Waals surface area contributed by atoms with Crippen LogP contribution in [0.5, 0.6) is 5.75 Å². The molecule has 2 aromatic heterocycles. The van der Waals surface area contributed by atoms with Crippen molar-refractivity contribution in [1.29, 1.82) is 0 Å². The summed E-state index contributed by atoms with van der Waals surface area (Å²) in [6, 6.07) is 8.08. The second-order valence-electron chi connectivity index (χ2n) is 10.5. The lowest BCUT2D eigenvalue weighted by molar-refractivity contribution is -0.111. The molecule has 11 nitrogen and oxygen atoms in total. The summed E-state index contributed by atoms with van der Waals surface area (Å²) in [5.41, 5.74) is 3.59. The third-order valence-electron chi connectivity index (χ3n) is 7.88. The lowest BCUT2D eigenvalue weighted by Crippen LogP contribution is -2.42. The van der Waals surface area contributed by atoms with E-state index in [-0.39, 0.29) is 17.5 Å². The number of carbonyl (C=O) groups is 1. The van der Waals surface area contributed by atoms with Crippen molar-refractivity contribution in [2.75, 3.05) is 55.9 Å². The van der Waals surface area contributed by atoms with Crippen LogP contribution in [0.2, 0.25) is 0 Å². The Balaban J connectivity index is 1.36. The number of methoxy groups -OCH3 is 1. The molecule has 2 aromatic carbocycles. The van der Waals surface area contributed by atoms with Crippen LogP contribution in [-0.2, 0) is 17.8 Å². The highest BCUT2D eigenvalue weighted by Crippen LogP contribution is 2.38. The number of aryl methyl sites for hydroxylation is 2. The van der Waals surface area contributed by atoms with Gasteiger partial charge in [0.15, 0.2) is 0 Å². The molecule has 2 N–H and O–H groups in total. The van der Waals surface area contributed by atoms with Gasteiger partial charge in [0, 0.05) is 51.1 Å². The Morgan fingerprint density at radius 3 is 2.76 bits per heavy atom. The molecule has 0 saturated carbocycles. The van der Waals surface area contributed by atoms with E-state index in [1.54, 1.807) is 23.8 Å². The molecule has 0 atom stereocenters. The Bertz CT molecular complexity index is 1740. The second-order valence-corrected chi connectivity index (χ2v) is 10.5. The molecule has 4 aromatic rings. The molecule has 218 valence electrons. The summed E-state index contributed by atoms with van der Waals surface area (Å²) < 4.78 is 23.3. The fourth-order valence-corrected chi connectivity index (χ4v) is 5.60. The minimum absolute atomic E-state index is 0.199. The van der Waals surface area contributed by atoms with Crippen molar-refractivity contribution in [1.82, 2.24) is 24.0 Å². The van der Waals surface area contributed by atoms with Crippen LogP contribution in [0.25, 0.3) is 16.9 Å². The van der Waals surface area contributed by atoms with Gasteiger partial charge in [0.1, 0.15) is 17.4 Å². The van der Waals surface area contributed by atoms with Gasteiger partial charge in [-0.05, 0) is 56.1 Å². The molecule has 1 saturated heterocycles. The van der Waals surface area contributed by atoms with E-state index in [9.17, 15) is 14.0 Å². The van der Waals surface area contributed by atoms with Crippen LogP contribution >= 0.6 is 0 Å². The number of ether oxygens (including phenoxy) is 1. The van der Waals surface area contributed by atoms with Crippen molar-refractivity contribution in [3.05, 3.63) is 71.0 Å². The fourth-order valence-electron chi connectivity index (χ4n) is 5.60. The largest absolute Gasteiger partial charge is 0.494 e. The number of anilines is 4. The molecule has 0 bridgehead atoms. The predicted octanol–water partition coefficient (Wildman–Crippen LogP) is 3.69. The van der Waals surface area contributed by atoms with Crippen molar-refractivity contribution >= 4 is 40.0 Å². The van der Waals surface area contributed by atoms with E-state index >= 15 is 0 Å². The Hall–Kier alpha value is -4.71. The summed E-state index contributed by atoms with van der Waals surface area (Å²) in [6.07, 6.45) is 5.44. The number of imidazole rings is 1. The average Bonchev–Trinajstić information content (AvgIpc) is 3.24. The van der Waals surface area contributed by atoms with Crippen LogP contribution in [0.3, 0.4) is 0 Å². The van der Waals surface area contributed by atoms with Gasteiger partial charge >= 0.3 is 5.69 Å². The number of likely N-dealkylation sites (tertiary alicyclic amines) is 1. The molecule has 0 spiro atoms. The van der Waals surface area contributed by atoms with Gasteiger partial charge in [-0.25, -0.2) is 18.7 Å². The highest BCUT2D eigenvalue weighted by Gasteiger charge is 2.23. The maximum absolute atomic E-state index is 14.5. The lowest BCUT2D eigenvalue weighted by atomic mass is 10.0. The molecular formula is C30H33FN8O3. The Morgan fingerprint density at radius 2 is 2.02 bits per heavy atom. The number of carbonyl (C=O) groups excluding carboxylic acids is 1.